The van der Waals surface area contributed by atoms with Crippen molar-refractivity contribution in [3.8, 4) is 0 Å². The lowest BCUT2D eigenvalue weighted by Gasteiger charge is -2.36. The van der Waals surface area contributed by atoms with Crippen molar-refractivity contribution in [3.05, 3.63) is 35.9 Å². The molecule has 0 bridgehead atoms. The van der Waals surface area contributed by atoms with E-state index >= 15 is 0 Å². The van der Waals surface area contributed by atoms with Crippen molar-refractivity contribution in [2.45, 2.75) is 31.8 Å². The van der Waals surface area contributed by atoms with Crippen molar-refractivity contribution in [1.82, 2.24) is 14.7 Å². The van der Waals surface area contributed by atoms with E-state index in [1.165, 1.54) is 12.0 Å². The number of nitrogens with zero attached hydrogens (tertiary/aromatic N) is 3. The molecule has 126 valence electrons. The molecule has 1 heterocycles. The van der Waals surface area contributed by atoms with Gasteiger partial charge in [0.1, 0.15) is 0 Å². The summed E-state index contributed by atoms with van der Waals surface area (Å²) in [6.45, 7) is 5.34. The monoisotopic (exact) mass is 315 g/mol. The van der Waals surface area contributed by atoms with E-state index < -0.39 is 0 Å². The van der Waals surface area contributed by atoms with Gasteiger partial charge in [0.25, 0.3) is 0 Å². The molecule has 23 heavy (non-hydrogen) atoms. The Kier molecular flexibility index (Phi) is 5.34. The zero-order valence-corrected chi connectivity index (χ0v) is 14.4. The van der Waals surface area contributed by atoms with Crippen LogP contribution in [0.5, 0.6) is 0 Å². The Labute approximate surface area is 140 Å². The van der Waals surface area contributed by atoms with E-state index in [9.17, 15) is 4.79 Å². The lowest BCUT2D eigenvalue weighted by atomic mass is 10.1. The van der Waals surface area contributed by atoms with Gasteiger partial charge in [0.2, 0.25) is 5.91 Å². The number of piperazine rings is 1. The van der Waals surface area contributed by atoms with Gasteiger partial charge in [0.05, 0.1) is 0 Å². The summed E-state index contributed by atoms with van der Waals surface area (Å²) in [4.78, 5) is 19.6. The van der Waals surface area contributed by atoms with Gasteiger partial charge in [-0.3, -0.25) is 9.69 Å². The largest absolute Gasteiger partial charge is 0.341 e. The minimum atomic E-state index is 0.216. The quantitative estimate of drug-likeness (QED) is 0.851. The molecule has 1 aliphatic carbocycles. The van der Waals surface area contributed by atoms with Gasteiger partial charge in [0, 0.05) is 51.7 Å². The summed E-state index contributed by atoms with van der Waals surface area (Å²) in [5, 5.41) is 0. The standard InChI is InChI=1S/C19H29N3O/c1-20-10-12-22(13-11-20)18-9-8-17(14-18)19(23)21(2)15-16-6-4-3-5-7-16/h3-7,17-18H,8-15H2,1-2H3/t17-,18+/m1/s1. The van der Waals surface area contributed by atoms with Crippen LogP contribution in [0.2, 0.25) is 0 Å². The first-order valence-electron chi connectivity index (χ1n) is 8.85. The van der Waals surface area contributed by atoms with Gasteiger partial charge in [-0.2, -0.15) is 0 Å². The minimum Gasteiger partial charge on any atom is -0.341 e. The molecule has 2 fully saturated rings. The predicted octanol–water partition coefficient (Wildman–Crippen LogP) is 2.06. The van der Waals surface area contributed by atoms with Gasteiger partial charge in [-0.1, -0.05) is 30.3 Å². The molecule has 1 aliphatic heterocycles. The van der Waals surface area contributed by atoms with Crippen molar-refractivity contribution >= 4 is 5.91 Å². The molecule has 1 saturated carbocycles. The van der Waals surface area contributed by atoms with Gasteiger partial charge in [-0.05, 0) is 31.9 Å². The van der Waals surface area contributed by atoms with E-state index in [-0.39, 0.29) is 5.92 Å². The number of hydrogen-bond donors (Lipinski definition) is 0. The Morgan fingerprint density at radius 3 is 2.52 bits per heavy atom. The number of likely N-dealkylation sites (N-methyl/N-ethyl adjacent to an activating group) is 1. The van der Waals surface area contributed by atoms with E-state index in [1.54, 1.807) is 0 Å². The molecule has 2 atom stereocenters. The smallest absolute Gasteiger partial charge is 0.225 e. The number of amides is 1. The molecule has 1 aromatic carbocycles. The molecular formula is C19H29N3O. The second-order valence-electron chi connectivity index (χ2n) is 7.18. The summed E-state index contributed by atoms with van der Waals surface area (Å²) in [6, 6.07) is 10.9. The van der Waals surface area contributed by atoms with Crippen LogP contribution in [0, 0.1) is 5.92 Å². The SMILES string of the molecule is CN1CCN([C@H]2CC[C@@H](C(=O)N(C)Cc3ccccc3)C2)CC1. The first kappa shape index (κ1) is 16.5. The Morgan fingerprint density at radius 2 is 1.83 bits per heavy atom. The summed E-state index contributed by atoms with van der Waals surface area (Å²) in [5.41, 5.74) is 1.21. The van der Waals surface area contributed by atoms with Crippen LogP contribution < -0.4 is 0 Å². The van der Waals surface area contributed by atoms with E-state index in [4.69, 9.17) is 0 Å². The molecule has 1 amide bonds. The molecular weight excluding hydrogens is 286 g/mol. The third kappa shape index (κ3) is 4.12. The highest BCUT2D eigenvalue weighted by Crippen LogP contribution is 2.31. The molecule has 4 heteroatoms. The van der Waals surface area contributed by atoms with Gasteiger partial charge in [-0.25, -0.2) is 0 Å². The maximum absolute atomic E-state index is 12.7. The normalized spacial score (nSPS) is 26.3. The topological polar surface area (TPSA) is 26.8 Å². The van der Waals surface area contributed by atoms with Crippen molar-refractivity contribution in [1.29, 1.82) is 0 Å². The van der Waals surface area contributed by atoms with Crippen LogP contribution in [-0.4, -0.2) is 66.9 Å². The molecule has 0 unspecified atom stereocenters. The van der Waals surface area contributed by atoms with Crippen LogP contribution in [-0.2, 0) is 11.3 Å². The summed E-state index contributed by atoms with van der Waals surface area (Å²) < 4.78 is 0. The Bertz CT molecular complexity index is 511. The minimum absolute atomic E-state index is 0.216. The second-order valence-corrected chi connectivity index (χ2v) is 7.18. The van der Waals surface area contributed by atoms with Gasteiger partial charge < -0.3 is 9.80 Å². The Hall–Kier alpha value is -1.39. The molecule has 4 nitrogen and oxygen atoms in total. The summed E-state index contributed by atoms with van der Waals surface area (Å²) >= 11 is 0. The van der Waals surface area contributed by atoms with Crippen molar-refractivity contribution in [3.63, 3.8) is 0 Å². The first-order valence-corrected chi connectivity index (χ1v) is 8.85. The molecule has 1 aromatic rings. The van der Waals surface area contributed by atoms with Crippen LogP contribution in [0.1, 0.15) is 24.8 Å². The van der Waals surface area contributed by atoms with Crippen LogP contribution >= 0.6 is 0 Å². The second kappa shape index (κ2) is 7.45. The highest BCUT2D eigenvalue weighted by molar-refractivity contribution is 5.79. The maximum Gasteiger partial charge on any atom is 0.225 e. The Morgan fingerprint density at radius 1 is 1.13 bits per heavy atom. The number of carbonyl (C=O) groups is 1. The third-order valence-corrected chi connectivity index (χ3v) is 5.45. The average molecular weight is 315 g/mol. The van der Waals surface area contributed by atoms with Crippen LogP contribution in [0.15, 0.2) is 30.3 Å². The highest BCUT2D eigenvalue weighted by atomic mass is 16.2. The van der Waals surface area contributed by atoms with Gasteiger partial charge >= 0.3 is 0 Å². The lowest BCUT2D eigenvalue weighted by Crippen LogP contribution is -2.48. The van der Waals surface area contributed by atoms with Crippen molar-refractivity contribution in [2.24, 2.45) is 5.92 Å². The molecule has 0 aromatic heterocycles. The zero-order valence-electron chi connectivity index (χ0n) is 14.4. The molecule has 1 saturated heterocycles. The predicted molar refractivity (Wildman–Crippen MR) is 93.1 cm³/mol. The highest BCUT2D eigenvalue weighted by Gasteiger charge is 2.35. The van der Waals surface area contributed by atoms with Crippen LogP contribution in [0.3, 0.4) is 0 Å². The van der Waals surface area contributed by atoms with E-state index in [1.807, 2.05) is 30.1 Å². The summed E-state index contributed by atoms with van der Waals surface area (Å²) in [6.07, 6.45) is 3.27. The van der Waals surface area contributed by atoms with E-state index in [2.05, 4.69) is 29.0 Å². The fraction of sp³-hybridized carbons (Fsp3) is 0.632. The number of rotatable bonds is 4. The van der Waals surface area contributed by atoms with Gasteiger partial charge in [-0.15, -0.1) is 0 Å². The van der Waals surface area contributed by atoms with Crippen LogP contribution in [0.25, 0.3) is 0 Å². The summed E-state index contributed by atoms with van der Waals surface area (Å²) in [7, 11) is 4.13. The third-order valence-electron chi connectivity index (χ3n) is 5.45. The molecule has 0 N–H and O–H groups in total. The average Bonchev–Trinajstić information content (AvgIpc) is 3.05. The van der Waals surface area contributed by atoms with Gasteiger partial charge in [0.15, 0.2) is 0 Å². The molecule has 2 aliphatic rings. The lowest BCUT2D eigenvalue weighted by molar-refractivity contribution is -0.134. The zero-order chi connectivity index (χ0) is 16.2. The molecule has 3 rings (SSSR count). The molecule has 0 spiro atoms. The van der Waals surface area contributed by atoms with Crippen molar-refractivity contribution < 1.29 is 4.79 Å². The maximum atomic E-state index is 12.7. The first-order chi connectivity index (χ1) is 11.1. The van der Waals surface area contributed by atoms with E-state index in [0.29, 0.717) is 11.9 Å². The number of benzene rings is 1. The fourth-order valence-electron chi connectivity index (χ4n) is 3.95. The Balaban J connectivity index is 1.51. The summed E-state index contributed by atoms with van der Waals surface area (Å²) in [5.74, 6) is 0.541. The van der Waals surface area contributed by atoms with E-state index in [0.717, 1.165) is 45.6 Å². The number of hydrogen-bond acceptors (Lipinski definition) is 3. The fourth-order valence-corrected chi connectivity index (χ4v) is 3.95. The molecule has 0 radical (unpaired) electrons. The van der Waals surface area contributed by atoms with Crippen molar-refractivity contribution in [2.75, 3.05) is 40.3 Å². The van der Waals surface area contributed by atoms with Crippen LogP contribution in [0.4, 0.5) is 0 Å². The number of carbonyl (C=O) groups excluding carboxylic acids is 1.